The molecule has 0 saturated carbocycles. The number of nitrogens with two attached hydrogens (primary N) is 1. The van der Waals surface area contributed by atoms with Crippen molar-refractivity contribution in [2.45, 2.75) is 6.42 Å². The minimum absolute atomic E-state index is 0.126. The number of aryl methyl sites for hydroxylation is 1. The van der Waals surface area contributed by atoms with E-state index in [0.29, 0.717) is 36.0 Å². The summed E-state index contributed by atoms with van der Waals surface area (Å²) >= 11 is 0. The maximum absolute atomic E-state index is 11.3. The van der Waals surface area contributed by atoms with E-state index in [1.807, 2.05) is 18.2 Å². The molecule has 2 aromatic rings. The third-order valence-corrected chi connectivity index (χ3v) is 3.56. The molecule has 2 N–H and O–H groups in total. The molecule has 0 spiro atoms. The van der Waals surface area contributed by atoms with Crippen LogP contribution in [0.3, 0.4) is 0 Å². The molecule has 7 heteroatoms. The maximum Gasteiger partial charge on any atom is 0.259 e. The summed E-state index contributed by atoms with van der Waals surface area (Å²) in [4.78, 5) is 11.3. The van der Waals surface area contributed by atoms with Crippen molar-refractivity contribution in [3.8, 4) is 28.8 Å². The Morgan fingerprint density at radius 2 is 2.12 bits per heavy atom. The Hall–Kier alpha value is -3.27. The van der Waals surface area contributed by atoms with E-state index in [9.17, 15) is 4.79 Å². The van der Waals surface area contributed by atoms with Crippen LogP contribution in [0.4, 0.5) is 0 Å². The first-order valence-corrected chi connectivity index (χ1v) is 7.44. The molecule has 122 valence electrons. The number of fused-ring (bicyclic) bond motifs is 1. The number of carbonyl (C=O) groups is 1. The molecule has 7 nitrogen and oxygen atoms in total. The molecule has 24 heavy (non-hydrogen) atoms. The lowest BCUT2D eigenvalue weighted by atomic mass is 10.1. The molecule has 1 amide bonds. The van der Waals surface area contributed by atoms with Crippen molar-refractivity contribution in [1.82, 2.24) is 9.78 Å². The molecular weight excluding hydrogens is 308 g/mol. The SMILES string of the molecule is Cn1cc(/C=C(\C#N)C(N)=O)c(-c2ccc3c(c2)OCCCO3)n1. The number of primary amides is 1. The minimum atomic E-state index is -0.772. The summed E-state index contributed by atoms with van der Waals surface area (Å²) in [6.45, 7) is 1.21. The van der Waals surface area contributed by atoms with Gasteiger partial charge in [-0.05, 0) is 24.3 Å². The summed E-state index contributed by atoms with van der Waals surface area (Å²) in [6, 6.07) is 7.34. The molecule has 1 aromatic carbocycles. The van der Waals surface area contributed by atoms with Gasteiger partial charge in [-0.25, -0.2) is 0 Å². The number of rotatable bonds is 3. The van der Waals surface area contributed by atoms with Crippen LogP contribution in [0.2, 0.25) is 0 Å². The Morgan fingerprint density at radius 3 is 2.83 bits per heavy atom. The zero-order valence-electron chi connectivity index (χ0n) is 13.2. The highest BCUT2D eigenvalue weighted by atomic mass is 16.5. The molecule has 0 aliphatic carbocycles. The van der Waals surface area contributed by atoms with Crippen LogP contribution in [0.15, 0.2) is 30.0 Å². The van der Waals surface area contributed by atoms with E-state index in [1.165, 1.54) is 6.08 Å². The standard InChI is InChI=1S/C17H16N4O3/c1-21-10-13(7-12(9-18)17(19)22)16(20-21)11-3-4-14-15(8-11)24-6-2-5-23-14/h3-4,7-8,10H,2,5-6H2,1H3,(H2,19,22)/b12-7+. The number of hydrogen-bond acceptors (Lipinski definition) is 5. The predicted molar refractivity (Wildman–Crippen MR) is 87.0 cm³/mol. The summed E-state index contributed by atoms with van der Waals surface area (Å²) in [7, 11) is 1.76. The van der Waals surface area contributed by atoms with Crippen LogP contribution in [-0.4, -0.2) is 28.9 Å². The molecule has 1 aliphatic rings. The summed E-state index contributed by atoms with van der Waals surface area (Å²) in [6.07, 6.45) is 3.98. The largest absolute Gasteiger partial charge is 0.490 e. The van der Waals surface area contributed by atoms with E-state index < -0.39 is 5.91 Å². The minimum Gasteiger partial charge on any atom is -0.490 e. The molecule has 0 saturated heterocycles. The highest BCUT2D eigenvalue weighted by Gasteiger charge is 2.16. The van der Waals surface area contributed by atoms with E-state index in [1.54, 1.807) is 24.0 Å². The van der Waals surface area contributed by atoms with E-state index in [0.717, 1.165) is 12.0 Å². The normalized spacial score (nSPS) is 13.9. The monoisotopic (exact) mass is 324 g/mol. The number of benzene rings is 1. The fraction of sp³-hybridized carbons (Fsp3) is 0.235. The number of nitriles is 1. The summed E-state index contributed by atoms with van der Waals surface area (Å²) in [5, 5.41) is 13.4. The van der Waals surface area contributed by atoms with E-state index in [-0.39, 0.29) is 5.57 Å². The molecule has 3 rings (SSSR count). The van der Waals surface area contributed by atoms with Crippen LogP contribution < -0.4 is 15.2 Å². The molecule has 1 aromatic heterocycles. The molecule has 0 bridgehead atoms. The van der Waals surface area contributed by atoms with Crippen LogP contribution in [0.25, 0.3) is 17.3 Å². The summed E-state index contributed by atoms with van der Waals surface area (Å²) < 4.78 is 12.9. The van der Waals surface area contributed by atoms with Crippen LogP contribution >= 0.6 is 0 Å². The Morgan fingerprint density at radius 1 is 1.38 bits per heavy atom. The fourth-order valence-corrected chi connectivity index (χ4v) is 2.46. The Labute approximate surface area is 138 Å². The first-order chi connectivity index (χ1) is 11.6. The quantitative estimate of drug-likeness (QED) is 0.683. The topological polar surface area (TPSA) is 103 Å². The van der Waals surface area contributed by atoms with Crippen molar-refractivity contribution in [1.29, 1.82) is 5.26 Å². The van der Waals surface area contributed by atoms with Crippen molar-refractivity contribution < 1.29 is 14.3 Å². The third-order valence-electron chi connectivity index (χ3n) is 3.56. The smallest absolute Gasteiger partial charge is 0.259 e. The number of nitrogens with zero attached hydrogens (tertiary/aromatic N) is 3. The average molecular weight is 324 g/mol. The Bertz CT molecular complexity index is 861. The second-order valence-electron chi connectivity index (χ2n) is 5.35. The van der Waals surface area contributed by atoms with Gasteiger partial charge in [0.2, 0.25) is 0 Å². The van der Waals surface area contributed by atoms with Gasteiger partial charge in [0.15, 0.2) is 11.5 Å². The number of aromatic nitrogens is 2. The van der Waals surface area contributed by atoms with Crippen molar-refractivity contribution in [2.75, 3.05) is 13.2 Å². The molecule has 1 aliphatic heterocycles. The van der Waals surface area contributed by atoms with Gasteiger partial charge in [0.1, 0.15) is 11.6 Å². The molecule has 0 radical (unpaired) electrons. The lowest BCUT2D eigenvalue weighted by Crippen LogP contribution is -2.12. The molecule has 0 unspecified atom stereocenters. The fourth-order valence-electron chi connectivity index (χ4n) is 2.46. The van der Waals surface area contributed by atoms with Crippen LogP contribution in [0.1, 0.15) is 12.0 Å². The van der Waals surface area contributed by atoms with Crippen LogP contribution in [-0.2, 0) is 11.8 Å². The number of amides is 1. The van der Waals surface area contributed by atoms with Gasteiger partial charge in [-0.3, -0.25) is 9.48 Å². The predicted octanol–water partition coefficient (Wildman–Crippen LogP) is 1.64. The Balaban J connectivity index is 2.06. The van der Waals surface area contributed by atoms with E-state index >= 15 is 0 Å². The van der Waals surface area contributed by atoms with E-state index in [2.05, 4.69) is 5.10 Å². The second-order valence-corrected chi connectivity index (χ2v) is 5.35. The van der Waals surface area contributed by atoms with Gasteiger partial charge in [0.25, 0.3) is 5.91 Å². The first kappa shape index (κ1) is 15.6. The number of hydrogen-bond donors (Lipinski definition) is 1. The highest BCUT2D eigenvalue weighted by Crippen LogP contribution is 2.35. The van der Waals surface area contributed by atoms with Crippen LogP contribution in [0.5, 0.6) is 11.5 Å². The van der Waals surface area contributed by atoms with Gasteiger partial charge in [0, 0.05) is 30.8 Å². The zero-order valence-corrected chi connectivity index (χ0v) is 13.2. The zero-order chi connectivity index (χ0) is 17.1. The van der Waals surface area contributed by atoms with Gasteiger partial charge in [-0.15, -0.1) is 0 Å². The summed E-state index contributed by atoms with van der Waals surface area (Å²) in [5.74, 6) is 0.575. The first-order valence-electron chi connectivity index (χ1n) is 7.44. The van der Waals surface area contributed by atoms with Crippen molar-refractivity contribution >= 4 is 12.0 Å². The van der Waals surface area contributed by atoms with E-state index in [4.69, 9.17) is 20.5 Å². The number of carbonyl (C=O) groups excluding carboxylic acids is 1. The third kappa shape index (κ3) is 3.08. The average Bonchev–Trinajstić information content (AvgIpc) is 2.78. The Kier molecular flexibility index (Phi) is 4.20. The molecule has 2 heterocycles. The van der Waals surface area contributed by atoms with Gasteiger partial charge in [0.05, 0.1) is 18.9 Å². The molecular formula is C17H16N4O3. The van der Waals surface area contributed by atoms with Gasteiger partial charge in [-0.1, -0.05) is 0 Å². The van der Waals surface area contributed by atoms with Crippen molar-refractivity contribution in [3.05, 3.63) is 35.5 Å². The van der Waals surface area contributed by atoms with Crippen LogP contribution in [0, 0.1) is 11.3 Å². The molecule has 0 atom stereocenters. The van der Waals surface area contributed by atoms with Crippen molar-refractivity contribution in [3.63, 3.8) is 0 Å². The van der Waals surface area contributed by atoms with Gasteiger partial charge >= 0.3 is 0 Å². The lowest BCUT2D eigenvalue weighted by Gasteiger charge is -2.08. The van der Waals surface area contributed by atoms with Gasteiger partial charge in [-0.2, -0.15) is 10.4 Å². The van der Waals surface area contributed by atoms with Gasteiger partial charge < -0.3 is 15.2 Å². The molecule has 0 fully saturated rings. The number of ether oxygens (including phenoxy) is 2. The highest BCUT2D eigenvalue weighted by molar-refractivity contribution is 6.01. The second kappa shape index (κ2) is 6.46. The maximum atomic E-state index is 11.3. The van der Waals surface area contributed by atoms with Crippen molar-refractivity contribution in [2.24, 2.45) is 12.8 Å². The summed E-state index contributed by atoms with van der Waals surface area (Å²) in [5.41, 5.74) is 7.13. The lowest BCUT2D eigenvalue weighted by molar-refractivity contribution is -0.114.